The number of nitrogens with two attached hydrogens (primary N) is 1. The van der Waals surface area contributed by atoms with E-state index in [0.717, 1.165) is 71.1 Å². The first-order valence-electron chi connectivity index (χ1n) is 10.4. The van der Waals surface area contributed by atoms with Crippen molar-refractivity contribution in [1.29, 1.82) is 0 Å². The van der Waals surface area contributed by atoms with Gasteiger partial charge in [0.15, 0.2) is 5.96 Å². The van der Waals surface area contributed by atoms with E-state index in [2.05, 4.69) is 28.5 Å². The molecule has 8 heteroatoms. The van der Waals surface area contributed by atoms with Crippen LogP contribution in [0.25, 0.3) is 0 Å². The van der Waals surface area contributed by atoms with Crippen LogP contribution in [0, 0.1) is 11.7 Å². The smallest absolute Gasteiger partial charge is 0.191 e. The van der Waals surface area contributed by atoms with Gasteiger partial charge in [0.1, 0.15) is 5.82 Å². The molecule has 2 saturated heterocycles. The maximum Gasteiger partial charge on any atom is 0.191 e. The second kappa shape index (κ2) is 11.9. The molecule has 0 amide bonds. The molecule has 1 aromatic carbocycles. The minimum absolute atomic E-state index is 0. The van der Waals surface area contributed by atoms with Crippen LogP contribution in [0.15, 0.2) is 29.3 Å². The molecule has 0 saturated carbocycles. The molecule has 29 heavy (non-hydrogen) atoms. The lowest BCUT2D eigenvalue weighted by Crippen LogP contribution is -2.51. The third-order valence-corrected chi connectivity index (χ3v) is 5.57. The number of morpholine rings is 1. The molecular formula is C21H35FIN5O. The fourth-order valence-corrected chi connectivity index (χ4v) is 3.97. The predicted octanol–water partition coefficient (Wildman–Crippen LogP) is 2.63. The second-order valence-electron chi connectivity index (χ2n) is 8.08. The normalized spacial score (nSPS) is 19.9. The van der Waals surface area contributed by atoms with Crippen LogP contribution < -0.4 is 10.6 Å². The first kappa shape index (κ1) is 24.1. The molecule has 1 aromatic rings. The summed E-state index contributed by atoms with van der Waals surface area (Å²) in [6.07, 6.45) is 1.12. The fraction of sp³-hybridized carbons (Fsp3) is 0.667. The number of ether oxygens (including phenoxy) is 1. The highest BCUT2D eigenvalue weighted by atomic mass is 127. The molecule has 2 fully saturated rings. The summed E-state index contributed by atoms with van der Waals surface area (Å²) >= 11 is 0. The van der Waals surface area contributed by atoms with Crippen molar-refractivity contribution in [3.63, 3.8) is 0 Å². The fourth-order valence-electron chi connectivity index (χ4n) is 3.97. The van der Waals surface area contributed by atoms with Crippen LogP contribution in [-0.4, -0.2) is 80.8 Å². The summed E-state index contributed by atoms with van der Waals surface area (Å²) < 4.78 is 18.6. The standard InChI is InChI=1S/C21H34FN5O.HI/c1-17(2)15-20(26-11-13-28-14-12-26)16-24-21(23)27-9-7-25(8-10-27)19-5-3-18(22)4-6-19;/h3-6,17,20H,7-16H2,1-2H3,(H2,23,24);1H. The lowest BCUT2D eigenvalue weighted by molar-refractivity contribution is 0.0142. The van der Waals surface area contributed by atoms with Gasteiger partial charge in [-0.3, -0.25) is 9.89 Å². The highest BCUT2D eigenvalue weighted by molar-refractivity contribution is 14.0. The average Bonchev–Trinajstić information content (AvgIpc) is 2.72. The van der Waals surface area contributed by atoms with E-state index in [1.165, 1.54) is 12.1 Å². The monoisotopic (exact) mass is 519 g/mol. The van der Waals surface area contributed by atoms with Gasteiger partial charge in [-0.25, -0.2) is 4.39 Å². The lowest BCUT2D eigenvalue weighted by Gasteiger charge is -2.37. The summed E-state index contributed by atoms with van der Waals surface area (Å²) in [5, 5.41) is 0. The molecule has 2 heterocycles. The van der Waals surface area contributed by atoms with Crippen LogP contribution in [0.1, 0.15) is 20.3 Å². The van der Waals surface area contributed by atoms with Crippen molar-refractivity contribution in [3.05, 3.63) is 30.1 Å². The van der Waals surface area contributed by atoms with Crippen molar-refractivity contribution in [3.8, 4) is 0 Å². The number of anilines is 1. The zero-order valence-electron chi connectivity index (χ0n) is 17.6. The van der Waals surface area contributed by atoms with Gasteiger partial charge >= 0.3 is 0 Å². The van der Waals surface area contributed by atoms with Crippen LogP contribution in [0.2, 0.25) is 0 Å². The minimum atomic E-state index is -0.199. The van der Waals surface area contributed by atoms with Gasteiger partial charge in [0.2, 0.25) is 0 Å². The van der Waals surface area contributed by atoms with Crippen molar-refractivity contribution in [1.82, 2.24) is 9.80 Å². The predicted molar refractivity (Wildman–Crippen MR) is 128 cm³/mol. The van der Waals surface area contributed by atoms with Crippen molar-refractivity contribution < 1.29 is 9.13 Å². The third-order valence-electron chi connectivity index (χ3n) is 5.57. The van der Waals surface area contributed by atoms with Gasteiger partial charge < -0.3 is 20.3 Å². The molecular weight excluding hydrogens is 484 g/mol. The summed E-state index contributed by atoms with van der Waals surface area (Å²) in [4.78, 5) is 11.7. The average molecular weight is 519 g/mol. The van der Waals surface area contributed by atoms with Crippen LogP contribution >= 0.6 is 24.0 Å². The Morgan fingerprint density at radius 1 is 1.07 bits per heavy atom. The number of nitrogens with zero attached hydrogens (tertiary/aromatic N) is 4. The molecule has 0 bridgehead atoms. The molecule has 164 valence electrons. The quantitative estimate of drug-likeness (QED) is 0.356. The van der Waals surface area contributed by atoms with E-state index >= 15 is 0 Å². The van der Waals surface area contributed by atoms with E-state index in [9.17, 15) is 4.39 Å². The summed E-state index contributed by atoms with van der Waals surface area (Å²) in [6.45, 7) is 12.2. The van der Waals surface area contributed by atoms with E-state index in [1.807, 2.05) is 12.1 Å². The largest absolute Gasteiger partial charge is 0.379 e. The molecule has 0 spiro atoms. The van der Waals surface area contributed by atoms with E-state index in [4.69, 9.17) is 15.5 Å². The summed E-state index contributed by atoms with van der Waals surface area (Å²) in [5.41, 5.74) is 7.38. The number of benzene rings is 1. The molecule has 0 aliphatic carbocycles. The van der Waals surface area contributed by atoms with Gasteiger partial charge in [-0.15, -0.1) is 24.0 Å². The zero-order valence-corrected chi connectivity index (χ0v) is 19.9. The number of hydrogen-bond acceptors (Lipinski definition) is 4. The molecule has 0 aromatic heterocycles. The number of piperazine rings is 1. The first-order valence-corrected chi connectivity index (χ1v) is 10.4. The molecule has 6 nitrogen and oxygen atoms in total. The lowest BCUT2D eigenvalue weighted by atomic mass is 10.0. The van der Waals surface area contributed by atoms with Gasteiger partial charge in [-0.1, -0.05) is 13.8 Å². The number of aliphatic imine (C=N–C) groups is 1. The highest BCUT2D eigenvalue weighted by Crippen LogP contribution is 2.17. The Hall–Kier alpha value is -1.13. The molecule has 2 N–H and O–H groups in total. The van der Waals surface area contributed by atoms with Crippen molar-refractivity contribution >= 4 is 35.6 Å². The molecule has 0 radical (unpaired) electrons. The number of hydrogen-bond donors (Lipinski definition) is 1. The number of rotatable bonds is 6. The van der Waals surface area contributed by atoms with Crippen LogP contribution in [-0.2, 0) is 4.74 Å². The van der Waals surface area contributed by atoms with E-state index in [0.29, 0.717) is 17.9 Å². The summed E-state index contributed by atoms with van der Waals surface area (Å²) in [7, 11) is 0. The van der Waals surface area contributed by atoms with Crippen LogP contribution in [0.5, 0.6) is 0 Å². The van der Waals surface area contributed by atoms with Crippen LogP contribution in [0.4, 0.5) is 10.1 Å². The summed E-state index contributed by atoms with van der Waals surface area (Å²) in [5.74, 6) is 1.07. The Morgan fingerprint density at radius 3 is 2.28 bits per heavy atom. The minimum Gasteiger partial charge on any atom is -0.379 e. The van der Waals surface area contributed by atoms with E-state index in [-0.39, 0.29) is 29.8 Å². The molecule has 1 unspecified atom stereocenters. The summed E-state index contributed by atoms with van der Waals surface area (Å²) in [6, 6.07) is 7.11. The molecule has 2 aliphatic rings. The Morgan fingerprint density at radius 2 is 1.69 bits per heavy atom. The Kier molecular flexibility index (Phi) is 9.91. The van der Waals surface area contributed by atoms with Crippen molar-refractivity contribution in [2.24, 2.45) is 16.6 Å². The van der Waals surface area contributed by atoms with E-state index < -0.39 is 0 Å². The van der Waals surface area contributed by atoms with Gasteiger partial charge in [0, 0.05) is 51.0 Å². The Labute approximate surface area is 191 Å². The Balaban J connectivity index is 0.00000300. The first-order chi connectivity index (χ1) is 13.5. The number of guanidine groups is 1. The Bertz CT molecular complexity index is 628. The maximum absolute atomic E-state index is 13.1. The zero-order chi connectivity index (χ0) is 19.9. The third kappa shape index (κ3) is 7.25. The maximum atomic E-state index is 13.1. The number of halogens is 2. The SMILES string of the molecule is CC(C)CC(CN=C(N)N1CCN(c2ccc(F)cc2)CC1)N1CCOCC1.I. The molecule has 1 atom stereocenters. The highest BCUT2D eigenvalue weighted by Gasteiger charge is 2.23. The van der Waals surface area contributed by atoms with Gasteiger partial charge in [0.25, 0.3) is 0 Å². The van der Waals surface area contributed by atoms with Gasteiger partial charge in [-0.05, 0) is 36.6 Å². The van der Waals surface area contributed by atoms with Gasteiger partial charge in [-0.2, -0.15) is 0 Å². The topological polar surface area (TPSA) is 57.3 Å². The van der Waals surface area contributed by atoms with E-state index in [1.54, 1.807) is 0 Å². The van der Waals surface area contributed by atoms with Crippen LogP contribution in [0.3, 0.4) is 0 Å². The van der Waals surface area contributed by atoms with Crippen molar-refractivity contribution in [2.75, 3.05) is 63.9 Å². The second-order valence-corrected chi connectivity index (χ2v) is 8.08. The molecule has 3 rings (SSSR count). The van der Waals surface area contributed by atoms with Gasteiger partial charge in [0.05, 0.1) is 19.8 Å². The molecule has 2 aliphatic heterocycles. The van der Waals surface area contributed by atoms with Crippen molar-refractivity contribution in [2.45, 2.75) is 26.3 Å².